The average molecular weight is 496 g/mol. The molecule has 35 heavy (non-hydrogen) atoms. The summed E-state index contributed by atoms with van der Waals surface area (Å²) in [5.41, 5.74) is 2.78. The first kappa shape index (κ1) is 31.6. The smallest absolute Gasteiger partial charge is 0.325 e. The molecule has 0 amide bonds. The second kappa shape index (κ2) is 19.7. The van der Waals surface area contributed by atoms with Crippen LogP contribution >= 0.6 is 0 Å². The van der Waals surface area contributed by atoms with Gasteiger partial charge in [0.05, 0.1) is 13.0 Å². The van der Waals surface area contributed by atoms with Crippen molar-refractivity contribution in [3.63, 3.8) is 0 Å². The summed E-state index contributed by atoms with van der Waals surface area (Å²) >= 11 is 0. The fourth-order valence-corrected chi connectivity index (χ4v) is 4.62. The van der Waals surface area contributed by atoms with E-state index < -0.39 is 6.04 Å². The van der Waals surface area contributed by atoms with Crippen molar-refractivity contribution in [1.29, 1.82) is 0 Å². The van der Waals surface area contributed by atoms with Crippen molar-refractivity contribution in [2.24, 2.45) is 11.8 Å². The highest BCUT2D eigenvalue weighted by atomic mass is 16.6. The van der Waals surface area contributed by atoms with E-state index in [1.165, 1.54) is 58.5 Å². The van der Waals surface area contributed by atoms with E-state index in [2.05, 4.69) is 45.3 Å². The molecule has 1 aliphatic heterocycles. The number of ether oxygens (including phenoxy) is 2. The molecule has 0 aliphatic carbocycles. The van der Waals surface area contributed by atoms with Crippen molar-refractivity contribution >= 4 is 11.9 Å². The summed E-state index contributed by atoms with van der Waals surface area (Å²) in [7, 11) is 1.51. The zero-order valence-electron chi connectivity index (χ0n) is 23.2. The van der Waals surface area contributed by atoms with Gasteiger partial charge in [-0.05, 0) is 31.6 Å². The fourth-order valence-electron chi connectivity index (χ4n) is 4.62. The van der Waals surface area contributed by atoms with Crippen molar-refractivity contribution in [1.82, 2.24) is 5.48 Å². The summed E-state index contributed by atoms with van der Waals surface area (Å²) in [6, 6.07) is -0.511. The Hall–Kier alpha value is -1.40. The van der Waals surface area contributed by atoms with E-state index in [9.17, 15) is 9.59 Å². The van der Waals surface area contributed by atoms with E-state index >= 15 is 0 Å². The number of nitrogens with one attached hydrogen (secondary N) is 1. The van der Waals surface area contributed by atoms with Gasteiger partial charge in [-0.2, -0.15) is 5.48 Å². The summed E-state index contributed by atoms with van der Waals surface area (Å²) < 4.78 is 11.4. The minimum absolute atomic E-state index is 0.0660. The van der Waals surface area contributed by atoms with Crippen LogP contribution in [0.3, 0.4) is 0 Å². The molecule has 1 saturated heterocycles. The third-order valence-electron chi connectivity index (χ3n) is 6.71. The first-order valence-corrected chi connectivity index (χ1v) is 14.3. The Bertz CT molecular complexity index is 592. The van der Waals surface area contributed by atoms with Crippen molar-refractivity contribution < 1.29 is 23.9 Å². The number of rotatable bonds is 22. The third kappa shape index (κ3) is 14.1. The molecule has 0 radical (unpaired) electrons. The zero-order chi connectivity index (χ0) is 25.9. The molecule has 6 nitrogen and oxygen atoms in total. The normalized spacial score (nSPS) is 19.5. The molecule has 0 bridgehead atoms. The van der Waals surface area contributed by atoms with E-state index in [1.807, 2.05) is 0 Å². The van der Waals surface area contributed by atoms with E-state index in [1.54, 1.807) is 0 Å². The molecule has 0 aromatic carbocycles. The number of esters is 2. The Labute approximate surface area is 214 Å². The van der Waals surface area contributed by atoms with E-state index in [-0.39, 0.29) is 30.1 Å². The molecule has 1 fully saturated rings. The Morgan fingerprint density at radius 3 is 2.29 bits per heavy atom. The highest BCUT2D eigenvalue weighted by molar-refractivity contribution is 5.78. The van der Waals surface area contributed by atoms with Crippen LogP contribution in [0.15, 0.2) is 12.2 Å². The minimum Gasteiger partial charge on any atom is -0.461 e. The van der Waals surface area contributed by atoms with Crippen LogP contribution < -0.4 is 5.48 Å². The van der Waals surface area contributed by atoms with Gasteiger partial charge in [-0.3, -0.25) is 9.59 Å². The SMILES string of the molecule is CCCCCCCC/C=C/CC(CC1OC(=O)C1CCCCCC)OC(=O)C(CC(C)C)NOC. The van der Waals surface area contributed by atoms with Gasteiger partial charge in [0.2, 0.25) is 0 Å². The van der Waals surface area contributed by atoms with E-state index in [0.717, 1.165) is 25.7 Å². The molecule has 204 valence electrons. The topological polar surface area (TPSA) is 73.9 Å². The molecule has 0 aromatic rings. The molecular weight excluding hydrogens is 442 g/mol. The summed E-state index contributed by atoms with van der Waals surface area (Å²) in [6.45, 7) is 8.56. The lowest BCUT2D eigenvalue weighted by molar-refractivity contribution is -0.190. The van der Waals surface area contributed by atoms with Crippen molar-refractivity contribution in [3.05, 3.63) is 12.2 Å². The number of hydrogen-bond donors (Lipinski definition) is 1. The fraction of sp³-hybridized carbons (Fsp3) is 0.862. The van der Waals surface area contributed by atoms with Gasteiger partial charge in [-0.25, -0.2) is 0 Å². The second-order valence-corrected chi connectivity index (χ2v) is 10.5. The lowest BCUT2D eigenvalue weighted by Gasteiger charge is -2.37. The van der Waals surface area contributed by atoms with Crippen LogP contribution in [0.5, 0.6) is 0 Å². The minimum atomic E-state index is -0.511. The van der Waals surface area contributed by atoms with Crippen molar-refractivity contribution in [2.75, 3.05) is 7.11 Å². The number of carbonyl (C=O) groups is 2. The van der Waals surface area contributed by atoms with Crippen LogP contribution in [0.1, 0.15) is 124 Å². The van der Waals surface area contributed by atoms with Crippen LogP contribution in [0.4, 0.5) is 0 Å². The zero-order valence-corrected chi connectivity index (χ0v) is 23.2. The number of carbonyl (C=O) groups excluding carboxylic acids is 2. The van der Waals surface area contributed by atoms with E-state index in [4.69, 9.17) is 14.3 Å². The van der Waals surface area contributed by atoms with Gasteiger partial charge in [0.1, 0.15) is 18.2 Å². The third-order valence-corrected chi connectivity index (χ3v) is 6.71. The maximum atomic E-state index is 12.9. The molecule has 4 atom stereocenters. The van der Waals surface area contributed by atoms with Crippen LogP contribution in [-0.2, 0) is 23.9 Å². The summed E-state index contributed by atoms with van der Waals surface area (Å²) in [5.74, 6) is -0.149. The van der Waals surface area contributed by atoms with Gasteiger partial charge in [-0.15, -0.1) is 0 Å². The highest BCUT2D eigenvalue weighted by Crippen LogP contribution is 2.32. The standard InChI is InChI=1S/C29H53NO5/c1-6-8-10-12-13-14-15-16-17-19-24(34-29(32)26(30-33-5)21-23(3)4)22-27-25(28(31)35-27)20-18-11-9-7-2/h16-17,23-27,30H,6-15,18-22H2,1-5H3/b17-16+. The van der Waals surface area contributed by atoms with Crippen LogP contribution in [0.2, 0.25) is 0 Å². The molecule has 1 N–H and O–H groups in total. The lowest BCUT2D eigenvalue weighted by Crippen LogP contribution is -2.48. The van der Waals surface area contributed by atoms with Gasteiger partial charge in [0, 0.05) is 12.8 Å². The van der Waals surface area contributed by atoms with Crippen LogP contribution in [-0.4, -0.2) is 37.3 Å². The molecule has 1 heterocycles. The number of cyclic esters (lactones) is 1. The first-order valence-electron chi connectivity index (χ1n) is 14.3. The monoisotopic (exact) mass is 495 g/mol. The highest BCUT2D eigenvalue weighted by Gasteiger charge is 2.43. The largest absolute Gasteiger partial charge is 0.461 e. The van der Waals surface area contributed by atoms with Gasteiger partial charge >= 0.3 is 11.9 Å². The van der Waals surface area contributed by atoms with Gasteiger partial charge in [0.25, 0.3) is 0 Å². The number of unbranched alkanes of at least 4 members (excludes halogenated alkanes) is 9. The molecule has 0 spiro atoms. The number of hydroxylamine groups is 1. The van der Waals surface area contributed by atoms with Crippen LogP contribution in [0.25, 0.3) is 0 Å². The average Bonchev–Trinajstić information content (AvgIpc) is 2.81. The Balaban J connectivity index is 2.64. The number of hydrogen-bond acceptors (Lipinski definition) is 6. The molecule has 0 aromatic heterocycles. The molecule has 4 unspecified atom stereocenters. The molecule has 0 saturated carbocycles. The quantitative estimate of drug-likeness (QED) is 0.0750. The van der Waals surface area contributed by atoms with Gasteiger partial charge < -0.3 is 14.3 Å². The van der Waals surface area contributed by atoms with Crippen molar-refractivity contribution in [3.8, 4) is 0 Å². The maximum Gasteiger partial charge on any atom is 0.325 e. The Morgan fingerprint density at radius 1 is 1.00 bits per heavy atom. The van der Waals surface area contributed by atoms with Gasteiger partial charge in [0.15, 0.2) is 0 Å². The number of allylic oxidation sites excluding steroid dienone is 1. The Kier molecular flexibility index (Phi) is 17.8. The van der Waals surface area contributed by atoms with E-state index in [0.29, 0.717) is 25.2 Å². The first-order chi connectivity index (χ1) is 16.9. The van der Waals surface area contributed by atoms with Crippen molar-refractivity contribution in [2.45, 2.75) is 142 Å². The second-order valence-electron chi connectivity index (χ2n) is 10.5. The predicted octanol–water partition coefficient (Wildman–Crippen LogP) is 7.06. The summed E-state index contributed by atoms with van der Waals surface area (Å²) in [4.78, 5) is 30.0. The summed E-state index contributed by atoms with van der Waals surface area (Å²) in [6.07, 6.45) is 19.8. The molecule has 1 aliphatic rings. The van der Waals surface area contributed by atoms with Crippen LogP contribution in [0, 0.1) is 11.8 Å². The summed E-state index contributed by atoms with van der Waals surface area (Å²) in [5, 5.41) is 0. The predicted molar refractivity (Wildman–Crippen MR) is 142 cm³/mol. The Morgan fingerprint density at radius 2 is 1.66 bits per heavy atom. The molecule has 1 rings (SSSR count). The maximum absolute atomic E-state index is 12.9. The molecular formula is C29H53NO5. The molecule has 6 heteroatoms. The lowest BCUT2D eigenvalue weighted by atomic mass is 9.87. The van der Waals surface area contributed by atoms with Gasteiger partial charge in [-0.1, -0.05) is 97.6 Å².